The van der Waals surface area contributed by atoms with E-state index in [0.29, 0.717) is 5.56 Å². The molecule has 0 radical (unpaired) electrons. The number of carbonyl (C=O) groups is 1. The van der Waals surface area contributed by atoms with Crippen molar-refractivity contribution >= 4 is 11.6 Å². The number of hydrogen-bond acceptors (Lipinski definition) is 3. The summed E-state index contributed by atoms with van der Waals surface area (Å²) in [6.45, 7) is 3.61. The zero-order valence-electron chi connectivity index (χ0n) is 14.3. The summed E-state index contributed by atoms with van der Waals surface area (Å²) < 4.78 is 1.95. The van der Waals surface area contributed by atoms with E-state index in [-0.39, 0.29) is 11.7 Å². The van der Waals surface area contributed by atoms with Crippen molar-refractivity contribution < 1.29 is 9.90 Å². The molecule has 0 unspecified atom stereocenters. The lowest BCUT2D eigenvalue weighted by Gasteiger charge is -2.26. The summed E-state index contributed by atoms with van der Waals surface area (Å²) in [6.07, 6.45) is 5.22. The molecule has 3 heterocycles. The minimum absolute atomic E-state index is 0.0785. The maximum absolute atomic E-state index is 12.8. The molecular weight excluding hydrogens is 314 g/mol. The van der Waals surface area contributed by atoms with Gasteiger partial charge in [0.05, 0.1) is 17.0 Å². The Balaban J connectivity index is 1.79. The van der Waals surface area contributed by atoms with Gasteiger partial charge in [0.25, 0.3) is 5.91 Å². The van der Waals surface area contributed by atoms with Crippen LogP contribution in [0.25, 0.3) is 16.9 Å². The summed E-state index contributed by atoms with van der Waals surface area (Å²) >= 11 is 0. The molecule has 0 spiro atoms. The molecule has 1 N–H and O–H groups in total. The second-order valence-electron chi connectivity index (χ2n) is 6.59. The fourth-order valence-electron chi connectivity index (χ4n) is 3.57. The van der Waals surface area contributed by atoms with Gasteiger partial charge in [0.1, 0.15) is 11.4 Å². The van der Waals surface area contributed by atoms with Crippen molar-refractivity contribution in [3.05, 3.63) is 53.9 Å². The highest BCUT2D eigenvalue weighted by molar-refractivity contribution is 5.94. The molecule has 1 aliphatic rings. The third-order valence-corrected chi connectivity index (χ3v) is 4.80. The number of fused-ring (bicyclic) bond motifs is 1. The van der Waals surface area contributed by atoms with E-state index in [1.54, 1.807) is 12.1 Å². The zero-order valence-corrected chi connectivity index (χ0v) is 14.3. The first kappa shape index (κ1) is 15.7. The molecular formula is C20H21N3O2. The van der Waals surface area contributed by atoms with E-state index in [1.807, 2.05) is 46.7 Å². The van der Waals surface area contributed by atoms with Crippen molar-refractivity contribution in [2.45, 2.75) is 26.2 Å². The molecule has 0 bridgehead atoms. The van der Waals surface area contributed by atoms with E-state index < -0.39 is 0 Å². The number of amides is 1. The van der Waals surface area contributed by atoms with Gasteiger partial charge in [-0.05, 0) is 50.5 Å². The number of rotatable bonds is 2. The molecule has 2 aromatic heterocycles. The third-order valence-electron chi connectivity index (χ3n) is 4.80. The van der Waals surface area contributed by atoms with Gasteiger partial charge in [0.2, 0.25) is 0 Å². The van der Waals surface area contributed by atoms with Crippen molar-refractivity contribution in [1.82, 2.24) is 14.3 Å². The van der Waals surface area contributed by atoms with Crippen LogP contribution in [0.5, 0.6) is 5.75 Å². The Morgan fingerprint density at radius 3 is 2.68 bits per heavy atom. The monoisotopic (exact) mass is 335 g/mol. The summed E-state index contributed by atoms with van der Waals surface area (Å²) in [5.41, 5.74) is 4.12. The number of hydrogen-bond donors (Lipinski definition) is 1. The number of pyridine rings is 1. The van der Waals surface area contributed by atoms with Crippen LogP contribution in [0.3, 0.4) is 0 Å². The topological polar surface area (TPSA) is 57.8 Å². The van der Waals surface area contributed by atoms with Gasteiger partial charge in [-0.3, -0.25) is 9.20 Å². The first-order valence-electron chi connectivity index (χ1n) is 8.71. The lowest BCUT2D eigenvalue weighted by Crippen LogP contribution is -2.35. The molecule has 128 valence electrons. The van der Waals surface area contributed by atoms with E-state index in [2.05, 4.69) is 4.98 Å². The Morgan fingerprint density at radius 2 is 1.92 bits per heavy atom. The van der Waals surface area contributed by atoms with Crippen molar-refractivity contribution in [2.24, 2.45) is 0 Å². The number of carbonyl (C=O) groups excluding carboxylic acids is 1. The van der Waals surface area contributed by atoms with Crippen molar-refractivity contribution in [3.8, 4) is 17.0 Å². The number of nitrogens with zero attached hydrogens (tertiary/aromatic N) is 3. The van der Waals surface area contributed by atoms with Gasteiger partial charge in [0, 0.05) is 24.8 Å². The number of phenols is 1. The fourth-order valence-corrected chi connectivity index (χ4v) is 3.57. The Morgan fingerprint density at radius 1 is 1.12 bits per heavy atom. The number of likely N-dealkylation sites (tertiary alicyclic amines) is 1. The predicted molar refractivity (Wildman–Crippen MR) is 96.8 cm³/mol. The second kappa shape index (κ2) is 6.24. The van der Waals surface area contributed by atoms with Gasteiger partial charge >= 0.3 is 0 Å². The van der Waals surface area contributed by atoms with E-state index in [4.69, 9.17) is 0 Å². The van der Waals surface area contributed by atoms with Gasteiger partial charge in [-0.15, -0.1) is 0 Å². The van der Waals surface area contributed by atoms with Gasteiger partial charge in [-0.1, -0.05) is 12.1 Å². The average molecular weight is 335 g/mol. The first-order valence-corrected chi connectivity index (χ1v) is 8.71. The lowest BCUT2D eigenvalue weighted by atomic mass is 10.1. The number of phenolic OH excluding ortho intramolecular Hbond substituents is 1. The third kappa shape index (κ3) is 2.86. The molecule has 1 aromatic carbocycles. The number of benzene rings is 1. The highest BCUT2D eigenvalue weighted by atomic mass is 16.3. The first-order chi connectivity index (χ1) is 12.1. The highest BCUT2D eigenvalue weighted by Crippen LogP contribution is 2.28. The zero-order chi connectivity index (χ0) is 17.4. The molecule has 1 aliphatic heterocycles. The largest absolute Gasteiger partial charge is 0.508 e. The Labute approximate surface area is 146 Å². The van der Waals surface area contributed by atoms with Crippen LogP contribution in [-0.4, -0.2) is 38.4 Å². The van der Waals surface area contributed by atoms with Gasteiger partial charge in [-0.2, -0.15) is 0 Å². The molecule has 1 saturated heterocycles. The van der Waals surface area contributed by atoms with Crippen molar-refractivity contribution in [1.29, 1.82) is 0 Å². The van der Waals surface area contributed by atoms with Gasteiger partial charge in [0.15, 0.2) is 0 Å². The standard InChI is InChI=1S/C20H21N3O2/c1-14-19(15-6-5-7-17(24)12-15)23-13-16(8-9-18(23)21-14)20(25)22-10-3-2-4-11-22/h5-9,12-13,24H,2-4,10-11H2,1H3. The van der Waals surface area contributed by atoms with Crippen LogP contribution >= 0.6 is 0 Å². The van der Waals surface area contributed by atoms with Crippen LogP contribution < -0.4 is 0 Å². The maximum Gasteiger partial charge on any atom is 0.255 e. The maximum atomic E-state index is 12.8. The molecule has 4 rings (SSSR count). The summed E-state index contributed by atoms with van der Waals surface area (Å²) in [4.78, 5) is 19.3. The molecule has 0 saturated carbocycles. The summed E-state index contributed by atoms with van der Waals surface area (Å²) in [7, 11) is 0. The molecule has 5 nitrogen and oxygen atoms in total. The summed E-state index contributed by atoms with van der Waals surface area (Å²) in [5, 5.41) is 9.80. The van der Waals surface area contributed by atoms with E-state index in [1.165, 1.54) is 6.42 Å². The minimum Gasteiger partial charge on any atom is -0.508 e. The van der Waals surface area contributed by atoms with Crippen molar-refractivity contribution in [3.63, 3.8) is 0 Å². The molecule has 1 amide bonds. The molecule has 1 fully saturated rings. The molecule has 3 aromatic rings. The smallest absolute Gasteiger partial charge is 0.255 e. The van der Waals surface area contributed by atoms with Crippen molar-refractivity contribution in [2.75, 3.05) is 13.1 Å². The fraction of sp³-hybridized carbons (Fsp3) is 0.300. The highest BCUT2D eigenvalue weighted by Gasteiger charge is 2.20. The SMILES string of the molecule is Cc1nc2ccc(C(=O)N3CCCCC3)cn2c1-c1cccc(O)c1. The van der Waals surface area contributed by atoms with E-state index in [9.17, 15) is 9.90 Å². The van der Waals surface area contributed by atoms with Crippen LogP contribution in [-0.2, 0) is 0 Å². The molecule has 0 atom stereocenters. The quantitative estimate of drug-likeness (QED) is 0.778. The number of aromatic hydroxyl groups is 1. The normalized spacial score (nSPS) is 14.8. The van der Waals surface area contributed by atoms with E-state index in [0.717, 1.165) is 48.5 Å². The number of aryl methyl sites for hydroxylation is 1. The van der Waals surface area contributed by atoms with Crippen LogP contribution in [0.15, 0.2) is 42.6 Å². The van der Waals surface area contributed by atoms with Crippen LogP contribution in [0, 0.1) is 6.92 Å². The average Bonchev–Trinajstić information content (AvgIpc) is 2.96. The van der Waals surface area contributed by atoms with Gasteiger partial charge in [-0.25, -0.2) is 4.98 Å². The molecule has 0 aliphatic carbocycles. The predicted octanol–water partition coefficient (Wildman–Crippen LogP) is 3.64. The molecule has 5 heteroatoms. The summed E-state index contributed by atoms with van der Waals surface area (Å²) in [5.74, 6) is 0.294. The number of piperidine rings is 1. The Kier molecular flexibility index (Phi) is 3.92. The van der Waals surface area contributed by atoms with Crippen LogP contribution in [0.2, 0.25) is 0 Å². The van der Waals surface area contributed by atoms with Gasteiger partial charge < -0.3 is 10.0 Å². The lowest BCUT2D eigenvalue weighted by molar-refractivity contribution is 0.0724. The molecule has 25 heavy (non-hydrogen) atoms. The van der Waals surface area contributed by atoms with E-state index >= 15 is 0 Å². The Hall–Kier alpha value is -2.82. The van der Waals surface area contributed by atoms with Crippen LogP contribution in [0.4, 0.5) is 0 Å². The Bertz CT molecular complexity index is 939. The minimum atomic E-state index is 0.0785. The number of imidazole rings is 1. The summed E-state index contributed by atoms with van der Waals surface area (Å²) in [6, 6.07) is 10.9. The number of aromatic nitrogens is 2. The van der Waals surface area contributed by atoms with Crippen LogP contribution in [0.1, 0.15) is 35.3 Å². The second-order valence-corrected chi connectivity index (χ2v) is 6.59.